The summed E-state index contributed by atoms with van der Waals surface area (Å²) in [5, 5.41) is 8.87. The fraction of sp³-hybridized carbons (Fsp3) is 0.455. The number of likely N-dealkylation sites (N-methyl/N-ethyl adjacent to an activating group) is 1. The number of nitrogens with zero attached hydrogens (tertiary/aromatic N) is 1. The van der Waals surface area contributed by atoms with Crippen molar-refractivity contribution in [1.29, 1.82) is 0 Å². The fourth-order valence-electron chi connectivity index (χ4n) is 1.51. The molecule has 96 valence electrons. The Balaban J connectivity index is 3.20. The van der Waals surface area contributed by atoms with E-state index >= 15 is 0 Å². The van der Waals surface area contributed by atoms with Crippen molar-refractivity contribution < 1.29 is 13.5 Å². The van der Waals surface area contributed by atoms with Gasteiger partial charge in [0.2, 0.25) is 10.0 Å². The second-order valence-corrected chi connectivity index (χ2v) is 6.41. The number of aliphatic hydroxyl groups is 1. The van der Waals surface area contributed by atoms with Gasteiger partial charge in [-0.3, -0.25) is 0 Å². The summed E-state index contributed by atoms with van der Waals surface area (Å²) in [5.74, 6) is 0. The summed E-state index contributed by atoms with van der Waals surface area (Å²) in [7, 11) is -3.53. The van der Waals surface area contributed by atoms with Crippen molar-refractivity contribution in [2.45, 2.75) is 18.7 Å². The third-order valence-electron chi connectivity index (χ3n) is 2.41. The van der Waals surface area contributed by atoms with Crippen LogP contribution < -0.4 is 0 Å². The maximum absolute atomic E-state index is 12.3. The number of hydrogen-bond donors (Lipinski definition) is 1. The summed E-state index contributed by atoms with van der Waals surface area (Å²) in [4.78, 5) is 0.235. The molecule has 0 amide bonds. The van der Waals surface area contributed by atoms with E-state index in [1.54, 1.807) is 25.1 Å². The molecule has 1 rings (SSSR count). The zero-order valence-corrected chi connectivity index (χ0v) is 12.3. The number of rotatable bonds is 5. The Morgan fingerprint density at radius 2 is 2.06 bits per heavy atom. The van der Waals surface area contributed by atoms with Gasteiger partial charge in [0.25, 0.3) is 0 Å². The molecule has 1 N–H and O–H groups in total. The number of aryl methyl sites for hydroxylation is 1. The summed E-state index contributed by atoms with van der Waals surface area (Å²) in [5.41, 5.74) is 0.987. The van der Waals surface area contributed by atoms with Crippen LogP contribution in [0.5, 0.6) is 0 Å². The van der Waals surface area contributed by atoms with Gasteiger partial charge in [-0.25, -0.2) is 8.42 Å². The van der Waals surface area contributed by atoms with E-state index in [4.69, 9.17) is 5.11 Å². The van der Waals surface area contributed by atoms with Crippen LogP contribution in [0.25, 0.3) is 0 Å². The van der Waals surface area contributed by atoms with E-state index in [0.717, 1.165) is 5.56 Å². The molecule has 0 aliphatic heterocycles. The van der Waals surface area contributed by atoms with E-state index in [0.29, 0.717) is 11.0 Å². The van der Waals surface area contributed by atoms with E-state index in [1.807, 2.05) is 6.92 Å². The third-order valence-corrected chi connectivity index (χ3v) is 5.36. The first-order valence-electron chi connectivity index (χ1n) is 5.30. The van der Waals surface area contributed by atoms with E-state index in [-0.39, 0.29) is 18.0 Å². The van der Waals surface area contributed by atoms with Gasteiger partial charge < -0.3 is 5.11 Å². The lowest BCUT2D eigenvalue weighted by Crippen LogP contribution is -2.33. The first-order chi connectivity index (χ1) is 7.93. The van der Waals surface area contributed by atoms with Crippen molar-refractivity contribution in [1.82, 2.24) is 4.31 Å². The summed E-state index contributed by atoms with van der Waals surface area (Å²) in [6.45, 7) is 3.90. The van der Waals surface area contributed by atoms with E-state index in [1.165, 1.54) is 4.31 Å². The fourth-order valence-corrected chi connectivity index (χ4v) is 4.11. The van der Waals surface area contributed by atoms with Crippen molar-refractivity contribution in [3.05, 3.63) is 28.2 Å². The van der Waals surface area contributed by atoms with E-state index in [2.05, 4.69) is 15.9 Å². The molecule has 0 fully saturated rings. The van der Waals surface area contributed by atoms with Crippen molar-refractivity contribution in [3.63, 3.8) is 0 Å². The van der Waals surface area contributed by atoms with Crippen LogP contribution in [0.15, 0.2) is 27.6 Å². The first kappa shape index (κ1) is 14.6. The lowest BCUT2D eigenvalue weighted by atomic mass is 10.2. The Morgan fingerprint density at radius 3 is 2.53 bits per heavy atom. The monoisotopic (exact) mass is 321 g/mol. The van der Waals surface area contributed by atoms with Gasteiger partial charge in [0, 0.05) is 17.6 Å². The molecule has 0 heterocycles. The molecule has 0 radical (unpaired) electrons. The van der Waals surface area contributed by atoms with Crippen molar-refractivity contribution in [2.75, 3.05) is 19.7 Å². The van der Waals surface area contributed by atoms with Crippen LogP contribution in [0, 0.1) is 6.92 Å². The number of halogens is 1. The highest BCUT2D eigenvalue weighted by Gasteiger charge is 2.24. The van der Waals surface area contributed by atoms with Crippen LogP contribution in [0.3, 0.4) is 0 Å². The van der Waals surface area contributed by atoms with Crippen LogP contribution >= 0.6 is 15.9 Å². The van der Waals surface area contributed by atoms with Crippen LogP contribution in [-0.2, 0) is 10.0 Å². The van der Waals surface area contributed by atoms with Crippen LogP contribution in [0.2, 0.25) is 0 Å². The SMILES string of the molecule is CCN(CCO)S(=O)(=O)c1ccc(C)cc1Br. The molecule has 0 aliphatic rings. The van der Waals surface area contributed by atoms with Crippen molar-refractivity contribution >= 4 is 26.0 Å². The smallest absolute Gasteiger partial charge is 0.244 e. The largest absolute Gasteiger partial charge is 0.395 e. The zero-order chi connectivity index (χ0) is 13.1. The average molecular weight is 322 g/mol. The summed E-state index contributed by atoms with van der Waals surface area (Å²) in [6.07, 6.45) is 0. The van der Waals surface area contributed by atoms with Gasteiger partial charge in [0.05, 0.1) is 11.5 Å². The van der Waals surface area contributed by atoms with Crippen LogP contribution in [0.4, 0.5) is 0 Å². The highest BCUT2D eigenvalue weighted by atomic mass is 79.9. The quantitative estimate of drug-likeness (QED) is 0.899. The molecule has 1 aromatic rings. The predicted octanol–water partition coefficient (Wildman–Crippen LogP) is 1.76. The molecule has 0 atom stereocenters. The lowest BCUT2D eigenvalue weighted by Gasteiger charge is -2.20. The van der Waals surface area contributed by atoms with Gasteiger partial charge in [-0.05, 0) is 40.5 Å². The molecule has 0 saturated heterocycles. The maximum atomic E-state index is 12.3. The summed E-state index contributed by atoms with van der Waals surface area (Å²) >= 11 is 3.26. The van der Waals surface area contributed by atoms with Gasteiger partial charge in [-0.1, -0.05) is 13.0 Å². The van der Waals surface area contributed by atoms with Gasteiger partial charge in [-0.15, -0.1) is 0 Å². The third kappa shape index (κ3) is 3.28. The molecule has 0 aromatic heterocycles. The second-order valence-electron chi connectivity index (χ2n) is 3.65. The molecule has 0 aliphatic carbocycles. The van der Waals surface area contributed by atoms with Gasteiger partial charge >= 0.3 is 0 Å². The molecule has 0 saturated carbocycles. The Bertz CT molecular complexity index is 487. The van der Waals surface area contributed by atoms with Gasteiger partial charge in [-0.2, -0.15) is 4.31 Å². The predicted molar refractivity (Wildman–Crippen MR) is 70.4 cm³/mol. The molecule has 0 bridgehead atoms. The number of aliphatic hydroxyl groups excluding tert-OH is 1. The Hall–Kier alpha value is -0.430. The zero-order valence-electron chi connectivity index (χ0n) is 9.85. The molecule has 6 heteroatoms. The normalized spacial score (nSPS) is 12.1. The summed E-state index contributed by atoms with van der Waals surface area (Å²) < 4.78 is 26.3. The molecule has 0 unspecified atom stereocenters. The van der Waals surface area contributed by atoms with Gasteiger partial charge in [0.15, 0.2) is 0 Å². The van der Waals surface area contributed by atoms with E-state index in [9.17, 15) is 8.42 Å². The Labute approximate surface area is 110 Å². The minimum absolute atomic E-state index is 0.110. The molecular weight excluding hydrogens is 306 g/mol. The molecule has 0 spiro atoms. The molecule has 4 nitrogen and oxygen atoms in total. The maximum Gasteiger partial charge on any atom is 0.244 e. The Morgan fingerprint density at radius 1 is 1.41 bits per heavy atom. The molecule has 1 aromatic carbocycles. The second kappa shape index (κ2) is 5.95. The highest BCUT2D eigenvalue weighted by Crippen LogP contribution is 2.25. The first-order valence-corrected chi connectivity index (χ1v) is 7.54. The number of benzene rings is 1. The standard InChI is InChI=1S/C11H16BrNO3S/c1-3-13(6-7-14)17(15,16)11-5-4-9(2)8-10(11)12/h4-5,8,14H,3,6-7H2,1-2H3. The van der Waals surface area contributed by atoms with Crippen LogP contribution in [0.1, 0.15) is 12.5 Å². The number of sulfonamides is 1. The highest BCUT2D eigenvalue weighted by molar-refractivity contribution is 9.10. The average Bonchev–Trinajstić information content (AvgIpc) is 2.24. The lowest BCUT2D eigenvalue weighted by molar-refractivity contribution is 0.257. The number of hydrogen-bond acceptors (Lipinski definition) is 3. The van der Waals surface area contributed by atoms with Crippen molar-refractivity contribution in [2.24, 2.45) is 0 Å². The Kier molecular flexibility index (Phi) is 5.12. The molecular formula is C11H16BrNO3S. The summed E-state index contributed by atoms with van der Waals surface area (Å²) in [6, 6.07) is 5.10. The van der Waals surface area contributed by atoms with Crippen LogP contribution in [-0.4, -0.2) is 37.5 Å². The minimum atomic E-state index is -3.53. The van der Waals surface area contributed by atoms with E-state index < -0.39 is 10.0 Å². The minimum Gasteiger partial charge on any atom is -0.395 e. The van der Waals surface area contributed by atoms with Crippen molar-refractivity contribution in [3.8, 4) is 0 Å². The van der Waals surface area contributed by atoms with Gasteiger partial charge in [0.1, 0.15) is 0 Å². The molecule has 17 heavy (non-hydrogen) atoms. The topological polar surface area (TPSA) is 57.6 Å².